The summed E-state index contributed by atoms with van der Waals surface area (Å²) in [7, 11) is -0.456. The second-order valence-electron chi connectivity index (χ2n) is 4.26. The lowest BCUT2D eigenvalue weighted by molar-refractivity contribution is 0.499. The number of rotatable bonds is 5. The molecule has 4 nitrogen and oxygen atoms in total. The molecule has 0 radical (unpaired) electrons. The highest BCUT2D eigenvalue weighted by atomic mass is 32.2. The van der Waals surface area contributed by atoms with E-state index >= 15 is 0 Å². The third kappa shape index (κ3) is 3.42. The summed E-state index contributed by atoms with van der Waals surface area (Å²) in [6, 6.07) is 13.1. The molecule has 1 N–H and O–H groups in total. The minimum absolute atomic E-state index is 0.353. The van der Waals surface area contributed by atoms with E-state index in [9.17, 15) is 8.42 Å². The topological polar surface area (TPSA) is 49.4 Å². The van der Waals surface area contributed by atoms with Crippen LogP contribution in [0.5, 0.6) is 0 Å². The molecule has 0 aliphatic carbocycles. The lowest BCUT2D eigenvalue weighted by atomic mass is 10.1. The Morgan fingerprint density at radius 3 is 2.32 bits per heavy atom. The van der Waals surface area contributed by atoms with Crippen molar-refractivity contribution in [3.8, 4) is 0 Å². The van der Waals surface area contributed by atoms with Gasteiger partial charge in [0.15, 0.2) is 0 Å². The van der Waals surface area contributed by atoms with Gasteiger partial charge in [0.05, 0.1) is 6.04 Å². The van der Waals surface area contributed by atoms with E-state index in [-0.39, 0.29) is 6.04 Å². The van der Waals surface area contributed by atoms with Gasteiger partial charge in [0.25, 0.3) is 10.2 Å². The van der Waals surface area contributed by atoms with Crippen molar-refractivity contribution >= 4 is 21.5 Å². The number of thiophene rings is 1. The molecule has 2 aromatic rings. The summed E-state index contributed by atoms with van der Waals surface area (Å²) < 4.78 is 28.0. The molecule has 1 aromatic heterocycles. The molecule has 0 saturated carbocycles. The van der Waals surface area contributed by atoms with Crippen molar-refractivity contribution in [3.63, 3.8) is 0 Å². The SMILES string of the molecule is CN(C)S(=O)(=O)N[C@@H](c1ccccc1)c1cccs1. The van der Waals surface area contributed by atoms with Crippen LogP contribution < -0.4 is 4.72 Å². The lowest BCUT2D eigenvalue weighted by Gasteiger charge is -2.20. The minimum atomic E-state index is -3.48. The van der Waals surface area contributed by atoms with E-state index in [2.05, 4.69) is 4.72 Å². The lowest BCUT2D eigenvalue weighted by Crippen LogP contribution is -2.38. The van der Waals surface area contributed by atoms with Crippen molar-refractivity contribution in [3.05, 3.63) is 58.3 Å². The molecule has 6 heteroatoms. The van der Waals surface area contributed by atoms with Gasteiger partial charge in [0.2, 0.25) is 0 Å². The molecule has 0 bridgehead atoms. The number of nitrogens with one attached hydrogen (secondary N) is 1. The summed E-state index contributed by atoms with van der Waals surface area (Å²) in [6.07, 6.45) is 0. The molecule has 0 fully saturated rings. The molecular weight excluding hydrogens is 280 g/mol. The fourth-order valence-corrected chi connectivity index (χ4v) is 3.29. The van der Waals surface area contributed by atoms with E-state index in [1.54, 1.807) is 0 Å². The monoisotopic (exact) mass is 296 g/mol. The average Bonchev–Trinajstić information content (AvgIpc) is 2.90. The van der Waals surface area contributed by atoms with Crippen molar-refractivity contribution in [2.24, 2.45) is 0 Å². The largest absolute Gasteiger partial charge is 0.279 e. The first-order valence-electron chi connectivity index (χ1n) is 5.79. The van der Waals surface area contributed by atoms with Crippen LogP contribution in [0.4, 0.5) is 0 Å². The maximum atomic E-state index is 12.0. The third-order valence-corrected chi connectivity index (χ3v) is 5.14. The highest BCUT2D eigenvalue weighted by molar-refractivity contribution is 7.87. The van der Waals surface area contributed by atoms with E-state index in [1.165, 1.54) is 29.7 Å². The van der Waals surface area contributed by atoms with Crippen molar-refractivity contribution < 1.29 is 8.42 Å². The first-order chi connectivity index (χ1) is 9.00. The van der Waals surface area contributed by atoms with E-state index in [0.29, 0.717) is 0 Å². The first-order valence-corrected chi connectivity index (χ1v) is 8.11. The smallest absolute Gasteiger partial charge is 0.195 e. The Kier molecular flexibility index (Phi) is 4.36. The van der Waals surface area contributed by atoms with Gasteiger partial charge >= 0.3 is 0 Å². The van der Waals surface area contributed by atoms with Crippen LogP contribution in [0.25, 0.3) is 0 Å². The van der Waals surface area contributed by atoms with E-state index < -0.39 is 10.2 Å². The fourth-order valence-electron chi connectivity index (χ4n) is 1.65. The predicted molar refractivity (Wildman–Crippen MR) is 78.3 cm³/mol. The van der Waals surface area contributed by atoms with Gasteiger partial charge in [-0.25, -0.2) is 0 Å². The average molecular weight is 296 g/mol. The Balaban J connectivity index is 2.37. The third-order valence-electron chi connectivity index (χ3n) is 2.71. The Morgan fingerprint density at radius 2 is 1.79 bits per heavy atom. The first kappa shape index (κ1) is 14.2. The van der Waals surface area contributed by atoms with Crippen LogP contribution in [0.3, 0.4) is 0 Å². The Bertz CT molecular complexity index is 607. The van der Waals surface area contributed by atoms with Gasteiger partial charge in [0, 0.05) is 19.0 Å². The summed E-state index contributed by atoms with van der Waals surface area (Å²) in [5.74, 6) is 0. The van der Waals surface area contributed by atoms with Gasteiger partial charge < -0.3 is 0 Å². The molecule has 1 heterocycles. The second kappa shape index (κ2) is 5.83. The van der Waals surface area contributed by atoms with Crippen molar-refractivity contribution in [1.82, 2.24) is 9.03 Å². The molecule has 0 unspecified atom stereocenters. The van der Waals surface area contributed by atoms with Crippen LogP contribution in [0, 0.1) is 0 Å². The molecule has 0 spiro atoms. The molecule has 0 aliphatic rings. The number of hydrogen-bond acceptors (Lipinski definition) is 3. The Labute approximate surface area is 117 Å². The molecule has 19 heavy (non-hydrogen) atoms. The van der Waals surface area contributed by atoms with Gasteiger partial charge in [0.1, 0.15) is 0 Å². The fraction of sp³-hybridized carbons (Fsp3) is 0.231. The van der Waals surface area contributed by atoms with Gasteiger partial charge in [-0.15, -0.1) is 11.3 Å². The zero-order chi connectivity index (χ0) is 13.9. The molecule has 1 aromatic carbocycles. The van der Waals surface area contributed by atoms with E-state index in [0.717, 1.165) is 10.4 Å². The quantitative estimate of drug-likeness (QED) is 0.920. The molecule has 0 saturated heterocycles. The second-order valence-corrected chi connectivity index (χ2v) is 7.16. The Hall–Kier alpha value is -1.21. The normalized spacial score (nSPS) is 13.6. The van der Waals surface area contributed by atoms with Crippen molar-refractivity contribution in [2.45, 2.75) is 6.04 Å². The van der Waals surface area contributed by atoms with Gasteiger partial charge in [-0.05, 0) is 17.0 Å². The summed E-state index contributed by atoms with van der Waals surface area (Å²) in [5, 5.41) is 1.94. The van der Waals surface area contributed by atoms with Crippen LogP contribution in [-0.2, 0) is 10.2 Å². The highest BCUT2D eigenvalue weighted by Gasteiger charge is 2.23. The summed E-state index contributed by atoms with van der Waals surface area (Å²) >= 11 is 1.53. The molecular formula is C13H16N2O2S2. The van der Waals surface area contributed by atoms with Crippen LogP contribution >= 0.6 is 11.3 Å². The molecule has 0 aliphatic heterocycles. The van der Waals surface area contributed by atoms with Gasteiger partial charge in [-0.1, -0.05) is 36.4 Å². The molecule has 0 amide bonds. The van der Waals surface area contributed by atoms with Crippen LogP contribution in [0.1, 0.15) is 16.5 Å². The zero-order valence-corrected chi connectivity index (χ0v) is 12.4. The number of hydrogen-bond donors (Lipinski definition) is 1. The van der Waals surface area contributed by atoms with Gasteiger partial charge in [-0.2, -0.15) is 17.4 Å². The standard InChI is InChI=1S/C13H16N2O2S2/c1-15(2)19(16,17)14-13(12-9-6-10-18-12)11-7-4-3-5-8-11/h3-10,13-14H,1-2H3/t13-/m0/s1. The van der Waals surface area contributed by atoms with Crippen LogP contribution in [0.15, 0.2) is 47.8 Å². The predicted octanol–water partition coefficient (Wildman–Crippen LogP) is 2.23. The summed E-state index contributed by atoms with van der Waals surface area (Å²) in [5.41, 5.74) is 0.926. The maximum Gasteiger partial charge on any atom is 0.279 e. The highest BCUT2D eigenvalue weighted by Crippen LogP contribution is 2.26. The Morgan fingerprint density at radius 1 is 1.11 bits per heavy atom. The van der Waals surface area contributed by atoms with Crippen LogP contribution in [-0.4, -0.2) is 26.8 Å². The summed E-state index contributed by atoms with van der Waals surface area (Å²) in [6.45, 7) is 0. The van der Waals surface area contributed by atoms with E-state index in [4.69, 9.17) is 0 Å². The zero-order valence-electron chi connectivity index (χ0n) is 10.8. The van der Waals surface area contributed by atoms with Gasteiger partial charge in [-0.3, -0.25) is 0 Å². The van der Waals surface area contributed by atoms with Crippen molar-refractivity contribution in [1.29, 1.82) is 0 Å². The van der Waals surface area contributed by atoms with Crippen LogP contribution in [0.2, 0.25) is 0 Å². The maximum absolute atomic E-state index is 12.0. The summed E-state index contributed by atoms with van der Waals surface area (Å²) in [4.78, 5) is 0.969. The number of nitrogens with zero attached hydrogens (tertiary/aromatic N) is 1. The minimum Gasteiger partial charge on any atom is -0.195 e. The molecule has 2 rings (SSSR count). The molecule has 1 atom stereocenters. The van der Waals surface area contributed by atoms with Crippen molar-refractivity contribution in [2.75, 3.05) is 14.1 Å². The van der Waals surface area contributed by atoms with E-state index in [1.807, 2.05) is 47.8 Å². The number of benzene rings is 1. The molecule has 102 valence electrons.